The van der Waals surface area contributed by atoms with Crippen molar-refractivity contribution in [1.82, 2.24) is 4.98 Å². The van der Waals surface area contributed by atoms with Crippen molar-refractivity contribution in [3.63, 3.8) is 0 Å². The predicted octanol–water partition coefficient (Wildman–Crippen LogP) is 3.87. The van der Waals surface area contributed by atoms with Gasteiger partial charge in [-0.2, -0.15) is 0 Å². The van der Waals surface area contributed by atoms with Crippen LogP contribution in [0.5, 0.6) is 5.75 Å². The molecule has 5 nitrogen and oxygen atoms in total. The van der Waals surface area contributed by atoms with Gasteiger partial charge < -0.3 is 15.5 Å². The minimum Gasteiger partial charge on any atom is -0.508 e. The molecule has 120 valence electrons. The fourth-order valence-corrected chi connectivity index (χ4v) is 3.27. The number of anilines is 2. The van der Waals surface area contributed by atoms with Crippen LogP contribution in [0.3, 0.4) is 0 Å². The molecule has 0 saturated heterocycles. The summed E-state index contributed by atoms with van der Waals surface area (Å²) in [5.41, 5.74) is 4.87. The number of aromatic carboxylic acids is 1. The second-order valence-electron chi connectivity index (χ2n) is 5.98. The van der Waals surface area contributed by atoms with Gasteiger partial charge in [-0.1, -0.05) is 6.07 Å². The van der Waals surface area contributed by atoms with E-state index in [0.29, 0.717) is 0 Å². The van der Waals surface area contributed by atoms with Gasteiger partial charge in [0.05, 0.1) is 16.8 Å². The number of nitrogens with one attached hydrogen (secondary N) is 1. The molecule has 0 radical (unpaired) electrons. The Kier molecular flexibility index (Phi) is 3.34. The fraction of sp³-hybridized carbons (Fsp3) is 0.158. The van der Waals surface area contributed by atoms with Crippen LogP contribution in [0.1, 0.15) is 28.0 Å². The average molecular weight is 320 g/mol. The van der Waals surface area contributed by atoms with Gasteiger partial charge in [0.25, 0.3) is 0 Å². The molecule has 1 aromatic heterocycles. The van der Waals surface area contributed by atoms with Gasteiger partial charge in [0, 0.05) is 22.8 Å². The molecule has 0 unspecified atom stereocenters. The number of hydrogen-bond donors (Lipinski definition) is 3. The number of nitrogens with zero attached hydrogens (tertiary/aromatic N) is 1. The van der Waals surface area contributed by atoms with Crippen LogP contribution in [-0.2, 0) is 12.8 Å². The van der Waals surface area contributed by atoms with E-state index in [4.69, 9.17) is 4.98 Å². The quantitative estimate of drug-likeness (QED) is 0.682. The topological polar surface area (TPSA) is 82.5 Å². The molecule has 0 aliphatic heterocycles. The van der Waals surface area contributed by atoms with Gasteiger partial charge in [-0.05, 0) is 55.2 Å². The maximum Gasteiger partial charge on any atom is 0.335 e. The Hall–Kier alpha value is -3.08. The Labute approximate surface area is 138 Å². The smallest absolute Gasteiger partial charge is 0.335 e. The van der Waals surface area contributed by atoms with Crippen LogP contribution in [0, 0.1) is 0 Å². The summed E-state index contributed by atoms with van der Waals surface area (Å²) in [6, 6.07) is 11.9. The molecule has 0 saturated carbocycles. The van der Waals surface area contributed by atoms with Crippen molar-refractivity contribution >= 4 is 28.2 Å². The van der Waals surface area contributed by atoms with Crippen LogP contribution in [-0.4, -0.2) is 21.2 Å². The van der Waals surface area contributed by atoms with Crippen molar-refractivity contribution in [2.75, 3.05) is 5.32 Å². The van der Waals surface area contributed by atoms with Gasteiger partial charge in [0.15, 0.2) is 0 Å². The molecular formula is C19H16N2O3. The van der Waals surface area contributed by atoms with E-state index in [1.807, 2.05) is 6.07 Å². The summed E-state index contributed by atoms with van der Waals surface area (Å²) in [6.07, 6.45) is 2.89. The van der Waals surface area contributed by atoms with E-state index < -0.39 is 5.97 Å². The lowest BCUT2D eigenvalue weighted by Gasteiger charge is -2.15. The van der Waals surface area contributed by atoms with E-state index in [9.17, 15) is 15.0 Å². The van der Waals surface area contributed by atoms with E-state index in [-0.39, 0.29) is 11.3 Å². The molecule has 5 heteroatoms. The normalized spacial score (nSPS) is 13.0. The number of phenols is 1. The van der Waals surface area contributed by atoms with E-state index in [1.165, 1.54) is 0 Å². The average Bonchev–Trinajstić information content (AvgIpc) is 3.02. The lowest BCUT2D eigenvalue weighted by atomic mass is 10.0. The zero-order chi connectivity index (χ0) is 16.7. The van der Waals surface area contributed by atoms with Crippen molar-refractivity contribution in [3.8, 4) is 5.75 Å². The Balaban J connectivity index is 1.93. The van der Waals surface area contributed by atoms with Crippen molar-refractivity contribution < 1.29 is 15.0 Å². The molecule has 0 atom stereocenters. The first-order chi connectivity index (χ1) is 11.6. The van der Waals surface area contributed by atoms with Gasteiger partial charge in [-0.3, -0.25) is 4.98 Å². The molecule has 0 amide bonds. The summed E-state index contributed by atoms with van der Waals surface area (Å²) in [5.74, 6) is -0.776. The third-order valence-corrected chi connectivity index (χ3v) is 4.37. The van der Waals surface area contributed by atoms with E-state index in [2.05, 4.69) is 5.32 Å². The second kappa shape index (κ2) is 5.53. The van der Waals surface area contributed by atoms with Gasteiger partial charge in [0.2, 0.25) is 0 Å². The van der Waals surface area contributed by atoms with Gasteiger partial charge in [0.1, 0.15) is 5.75 Å². The molecule has 3 aromatic rings. The van der Waals surface area contributed by atoms with Gasteiger partial charge >= 0.3 is 5.97 Å². The highest BCUT2D eigenvalue weighted by Crippen LogP contribution is 2.36. The molecule has 2 aromatic carbocycles. The molecule has 1 heterocycles. The van der Waals surface area contributed by atoms with Crippen molar-refractivity contribution in [3.05, 3.63) is 59.3 Å². The van der Waals surface area contributed by atoms with Crippen LogP contribution in [0.4, 0.5) is 11.4 Å². The van der Waals surface area contributed by atoms with Crippen LogP contribution >= 0.6 is 0 Å². The highest BCUT2D eigenvalue weighted by Gasteiger charge is 2.20. The second-order valence-corrected chi connectivity index (χ2v) is 5.98. The maximum absolute atomic E-state index is 11.3. The monoisotopic (exact) mass is 320 g/mol. The third-order valence-electron chi connectivity index (χ3n) is 4.37. The Morgan fingerprint density at radius 3 is 2.79 bits per heavy atom. The van der Waals surface area contributed by atoms with Gasteiger partial charge in [-0.25, -0.2) is 4.79 Å². The molecule has 1 aliphatic rings. The SMILES string of the molecule is O=C(O)c1ccc2nc3c(c(Nc4cccc(O)c4)c2c1)CCC3. The summed E-state index contributed by atoms with van der Waals surface area (Å²) in [6.45, 7) is 0. The molecule has 0 spiro atoms. The zero-order valence-electron chi connectivity index (χ0n) is 12.9. The van der Waals surface area contributed by atoms with E-state index in [1.54, 1.807) is 36.4 Å². The van der Waals surface area contributed by atoms with Crippen LogP contribution in [0.25, 0.3) is 10.9 Å². The molecule has 24 heavy (non-hydrogen) atoms. The molecule has 1 aliphatic carbocycles. The predicted molar refractivity (Wildman–Crippen MR) is 92.1 cm³/mol. The highest BCUT2D eigenvalue weighted by molar-refractivity contribution is 6.00. The number of pyridine rings is 1. The molecular weight excluding hydrogens is 304 g/mol. The summed E-state index contributed by atoms with van der Waals surface area (Å²) >= 11 is 0. The molecule has 4 rings (SSSR count). The summed E-state index contributed by atoms with van der Waals surface area (Å²) in [4.78, 5) is 16.0. The van der Waals surface area contributed by atoms with Crippen LogP contribution in [0.15, 0.2) is 42.5 Å². The van der Waals surface area contributed by atoms with Crippen molar-refractivity contribution in [2.24, 2.45) is 0 Å². The van der Waals surface area contributed by atoms with Crippen molar-refractivity contribution in [1.29, 1.82) is 0 Å². The number of phenolic OH excluding ortho intramolecular Hbond substituents is 1. The largest absolute Gasteiger partial charge is 0.508 e. The lowest BCUT2D eigenvalue weighted by molar-refractivity contribution is 0.0697. The number of carboxylic acid groups (broad SMARTS) is 1. The number of hydrogen-bond acceptors (Lipinski definition) is 4. The Bertz CT molecular complexity index is 966. The first-order valence-corrected chi connectivity index (χ1v) is 7.87. The Morgan fingerprint density at radius 1 is 1.12 bits per heavy atom. The first kappa shape index (κ1) is 14.5. The molecule has 0 bridgehead atoms. The number of carbonyl (C=O) groups is 1. The number of aryl methyl sites for hydroxylation is 1. The molecule has 3 N–H and O–H groups in total. The van der Waals surface area contributed by atoms with Crippen molar-refractivity contribution in [2.45, 2.75) is 19.3 Å². The van der Waals surface area contributed by atoms with Gasteiger partial charge in [-0.15, -0.1) is 0 Å². The third kappa shape index (κ3) is 2.44. The number of carboxylic acids is 1. The van der Waals surface area contributed by atoms with E-state index in [0.717, 1.165) is 52.8 Å². The fourth-order valence-electron chi connectivity index (χ4n) is 3.27. The zero-order valence-corrected chi connectivity index (χ0v) is 12.9. The minimum atomic E-state index is -0.958. The maximum atomic E-state index is 11.3. The van der Waals surface area contributed by atoms with E-state index >= 15 is 0 Å². The summed E-state index contributed by atoms with van der Waals surface area (Å²) in [5, 5.41) is 23.1. The first-order valence-electron chi connectivity index (χ1n) is 7.87. The summed E-state index contributed by atoms with van der Waals surface area (Å²) < 4.78 is 0. The van der Waals surface area contributed by atoms with Crippen LogP contribution in [0.2, 0.25) is 0 Å². The highest BCUT2D eigenvalue weighted by atomic mass is 16.4. The number of rotatable bonds is 3. The number of aromatic nitrogens is 1. The Morgan fingerprint density at radius 2 is 2.00 bits per heavy atom. The molecule has 0 fully saturated rings. The minimum absolute atomic E-state index is 0.182. The number of fused-ring (bicyclic) bond motifs is 2. The summed E-state index contributed by atoms with van der Waals surface area (Å²) in [7, 11) is 0. The number of aromatic hydroxyl groups is 1. The lowest BCUT2D eigenvalue weighted by Crippen LogP contribution is -2.02. The van der Waals surface area contributed by atoms with Crippen LogP contribution < -0.4 is 5.32 Å². The number of benzene rings is 2. The standard InChI is InChI=1S/C19H16N2O3/c22-13-4-1-3-12(10-13)20-18-14-5-2-6-16(14)21-17-8-7-11(19(23)24)9-15(17)18/h1,3-4,7-10,22H,2,5-6H2,(H,20,21)(H,23,24).